The standard InChI is InChI=1S/C10H12O2/c11-7-3-4-8(12)10-6-2-1-5(6)9(7)10/h1-12H/t5-,6+,7?,8?,9+,10-. The Balaban J connectivity index is 1.94. The molecule has 12 heavy (non-hydrogen) atoms. The highest BCUT2D eigenvalue weighted by Gasteiger charge is 2.57. The lowest BCUT2D eigenvalue weighted by molar-refractivity contribution is -0.106. The normalized spacial score (nSPS) is 59.8. The predicted molar refractivity (Wildman–Crippen MR) is 44.3 cm³/mol. The van der Waals surface area contributed by atoms with E-state index in [0.717, 1.165) is 0 Å². The van der Waals surface area contributed by atoms with E-state index in [0.29, 0.717) is 23.7 Å². The summed E-state index contributed by atoms with van der Waals surface area (Å²) in [7, 11) is 0. The van der Waals surface area contributed by atoms with Gasteiger partial charge in [-0.25, -0.2) is 0 Å². The van der Waals surface area contributed by atoms with Crippen molar-refractivity contribution in [3.8, 4) is 0 Å². The largest absolute Gasteiger partial charge is 0.389 e. The van der Waals surface area contributed by atoms with Crippen molar-refractivity contribution in [2.24, 2.45) is 23.7 Å². The van der Waals surface area contributed by atoms with Crippen LogP contribution in [0.2, 0.25) is 0 Å². The lowest BCUT2D eigenvalue weighted by atomic mass is 9.47. The van der Waals surface area contributed by atoms with E-state index >= 15 is 0 Å². The van der Waals surface area contributed by atoms with Crippen molar-refractivity contribution >= 4 is 0 Å². The van der Waals surface area contributed by atoms with Crippen molar-refractivity contribution in [2.75, 3.05) is 0 Å². The Morgan fingerprint density at radius 2 is 1.08 bits per heavy atom. The third-order valence-electron chi connectivity index (χ3n) is 3.63. The van der Waals surface area contributed by atoms with Crippen molar-refractivity contribution in [3.63, 3.8) is 0 Å². The van der Waals surface area contributed by atoms with Crippen LogP contribution in [-0.2, 0) is 0 Å². The van der Waals surface area contributed by atoms with Crippen LogP contribution < -0.4 is 0 Å². The molecule has 6 atom stereocenters. The molecule has 0 aliphatic heterocycles. The second kappa shape index (κ2) is 2.01. The zero-order chi connectivity index (χ0) is 8.29. The molecule has 1 saturated carbocycles. The molecule has 0 bridgehead atoms. The minimum absolute atomic E-state index is 0.292. The summed E-state index contributed by atoms with van der Waals surface area (Å²) in [5.41, 5.74) is 0. The molecule has 0 heterocycles. The zero-order valence-corrected chi connectivity index (χ0v) is 6.67. The van der Waals surface area contributed by atoms with Crippen LogP contribution in [0.4, 0.5) is 0 Å². The summed E-state index contributed by atoms with van der Waals surface area (Å²) in [6, 6.07) is 0. The Morgan fingerprint density at radius 3 is 1.42 bits per heavy atom. The van der Waals surface area contributed by atoms with Gasteiger partial charge in [-0.2, -0.15) is 0 Å². The van der Waals surface area contributed by atoms with Crippen LogP contribution in [0.5, 0.6) is 0 Å². The number of allylic oxidation sites excluding steroid dienone is 2. The van der Waals surface area contributed by atoms with Crippen LogP contribution in [0.15, 0.2) is 24.3 Å². The van der Waals surface area contributed by atoms with Crippen LogP contribution in [0.25, 0.3) is 0 Å². The van der Waals surface area contributed by atoms with E-state index in [1.807, 2.05) is 0 Å². The van der Waals surface area contributed by atoms with Gasteiger partial charge in [0.15, 0.2) is 0 Å². The molecule has 64 valence electrons. The molecule has 0 saturated heterocycles. The van der Waals surface area contributed by atoms with Crippen molar-refractivity contribution in [1.29, 1.82) is 0 Å². The van der Waals surface area contributed by atoms with Crippen LogP contribution in [0, 0.1) is 23.7 Å². The molecule has 0 aromatic carbocycles. The first kappa shape index (κ1) is 6.87. The second-order valence-electron chi connectivity index (χ2n) is 4.06. The number of hydrogen-bond donors (Lipinski definition) is 2. The Labute approximate surface area is 71.2 Å². The van der Waals surface area contributed by atoms with E-state index in [1.54, 1.807) is 12.2 Å². The van der Waals surface area contributed by atoms with Gasteiger partial charge in [0.05, 0.1) is 12.2 Å². The Hall–Kier alpha value is -0.600. The van der Waals surface area contributed by atoms with Gasteiger partial charge in [-0.3, -0.25) is 0 Å². The molecule has 0 aromatic rings. The summed E-state index contributed by atoms with van der Waals surface area (Å²) in [5.74, 6) is 1.68. The average Bonchev–Trinajstić information content (AvgIpc) is 2.01. The fraction of sp³-hybridized carbons (Fsp3) is 0.600. The van der Waals surface area contributed by atoms with Gasteiger partial charge in [-0.05, 0) is 11.8 Å². The number of rotatable bonds is 0. The molecule has 2 N–H and O–H groups in total. The minimum atomic E-state index is -0.329. The van der Waals surface area contributed by atoms with Gasteiger partial charge < -0.3 is 10.2 Å². The molecule has 0 amide bonds. The maximum absolute atomic E-state index is 9.61. The van der Waals surface area contributed by atoms with E-state index in [9.17, 15) is 10.2 Å². The fourth-order valence-corrected chi connectivity index (χ4v) is 2.90. The van der Waals surface area contributed by atoms with Crippen LogP contribution in [-0.4, -0.2) is 22.4 Å². The molecule has 0 radical (unpaired) electrons. The first-order valence-electron chi connectivity index (χ1n) is 4.52. The average molecular weight is 164 g/mol. The Kier molecular flexibility index (Phi) is 1.15. The Morgan fingerprint density at radius 1 is 0.667 bits per heavy atom. The van der Waals surface area contributed by atoms with Crippen molar-refractivity contribution in [1.82, 2.24) is 0 Å². The first-order chi connectivity index (χ1) is 5.79. The van der Waals surface area contributed by atoms with Gasteiger partial charge in [-0.1, -0.05) is 24.3 Å². The number of aliphatic hydroxyl groups is 2. The highest BCUT2D eigenvalue weighted by Crippen LogP contribution is 2.57. The van der Waals surface area contributed by atoms with E-state index in [2.05, 4.69) is 12.2 Å². The second-order valence-corrected chi connectivity index (χ2v) is 4.06. The van der Waals surface area contributed by atoms with E-state index in [1.165, 1.54) is 0 Å². The van der Waals surface area contributed by atoms with Gasteiger partial charge in [-0.15, -0.1) is 0 Å². The number of fused-ring (bicyclic) bond motifs is 4. The first-order valence-corrected chi connectivity index (χ1v) is 4.52. The molecule has 2 heteroatoms. The zero-order valence-electron chi connectivity index (χ0n) is 6.67. The summed E-state index contributed by atoms with van der Waals surface area (Å²) in [6.45, 7) is 0. The molecule has 0 spiro atoms. The molecular weight excluding hydrogens is 152 g/mol. The maximum Gasteiger partial charge on any atom is 0.0759 e. The molecule has 3 aliphatic rings. The highest BCUT2D eigenvalue weighted by molar-refractivity contribution is 5.28. The van der Waals surface area contributed by atoms with Crippen LogP contribution in [0.1, 0.15) is 0 Å². The van der Waals surface area contributed by atoms with Crippen LogP contribution in [0.3, 0.4) is 0 Å². The quantitative estimate of drug-likeness (QED) is 0.506. The molecule has 2 nitrogen and oxygen atoms in total. The topological polar surface area (TPSA) is 40.5 Å². The van der Waals surface area contributed by atoms with Gasteiger partial charge in [0.25, 0.3) is 0 Å². The molecule has 0 aromatic heterocycles. The summed E-state index contributed by atoms with van der Waals surface area (Å²) in [6.07, 6.45) is 7.11. The molecule has 2 unspecified atom stereocenters. The molecule has 3 aliphatic carbocycles. The van der Waals surface area contributed by atoms with E-state index in [-0.39, 0.29) is 12.2 Å². The van der Waals surface area contributed by atoms with E-state index < -0.39 is 0 Å². The smallest absolute Gasteiger partial charge is 0.0759 e. The highest BCUT2D eigenvalue weighted by atomic mass is 16.3. The van der Waals surface area contributed by atoms with Gasteiger partial charge in [0, 0.05) is 11.8 Å². The molecular formula is C10H12O2. The summed E-state index contributed by atoms with van der Waals surface area (Å²) < 4.78 is 0. The van der Waals surface area contributed by atoms with Crippen LogP contribution >= 0.6 is 0 Å². The number of aliphatic hydroxyl groups excluding tert-OH is 2. The summed E-state index contributed by atoms with van der Waals surface area (Å²) >= 11 is 0. The Bertz CT molecular complexity index is 243. The van der Waals surface area contributed by atoms with Gasteiger partial charge >= 0.3 is 0 Å². The summed E-state index contributed by atoms with van der Waals surface area (Å²) in [4.78, 5) is 0. The summed E-state index contributed by atoms with van der Waals surface area (Å²) in [5, 5.41) is 19.2. The van der Waals surface area contributed by atoms with E-state index in [4.69, 9.17) is 0 Å². The minimum Gasteiger partial charge on any atom is -0.389 e. The molecule has 1 fully saturated rings. The lowest BCUT2D eigenvalue weighted by Gasteiger charge is -2.58. The third-order valence-corrected chi connectivity index (χ3v) is 3.63. The SMILES string of the molecule is OC1C=CC(O)[C@H]2[C@H]3C=C[C@H]3[C@@H]12. The van der Waals surface area contributed by atoms with Gasteiger partial charge in [0.1, 0.15) is 0 Å². The monoisotopic (exact) mass is 164 g/mol. The van der Waals surface area contributed by atoms with Gasteiger partial charge in [0.2, 0.25) is 0 Å². The lowest BCUT2D eigenvalue weighted by Crippen LogP contribution is -2.59. The maximum atomic E-state index is 9.61. The predicted octanol–water partition coefficient (Wildman–Crippen LogP) is 0.326. The van der Waals surface area contributed by atoms with Crippen molar-refractivity contribution in [2.45, 2.75) is 12.2 Å². The van der Waals surface area contributed by atoms with Crippen molar-refractivity contribution in [3.05, 3.63) is 24.3 Å². The molecule has 3 rings (SSSR count). The fourth-order valence-electron chi connectivity index (χ4n) is 2.90. The number of hydrogen-bond acceptors (Lipinski definition) is 2. The van der Waals surface area contributed by atoms with Crippen molar-refractivity contribution < 1.29 is 10.2 Å². The third kappa shape index (κ3) is 0.595.